The van der Waals surface area contributed by atoms with E-state index in [2.05, 4.69) is 15.6 Å². The molecule has 2 amide bonds. The number of anilines is 1. The first-order chi connectivity index (χ1) is 11.5. The van der Waals surface area contributed by atoms with Gasteiger partial charge in [-0.1, -0.05) is 0 Å². The zero-order valence-electron chi connectivity index (χ0n) is 13.7. The van der Waals surface area contributed by atoms with E-state index in [-0.39, 0.29) is 18.2 Å². The molecule has 128 valence electrons. The van der Waals surface area contributed by atoms with Gasteiger partial charge in [-0.25, -0.2) is 4.98 Å². The molecule has 2 aromatic rings. The fourth-order valence-electron chi connectivity index (χ4n) is 2.00. The van der Waals surface area contributed by atoms with Crippen LogP contribution in [0.5, 0.6) is 11.5 Å². The van der Waals surface area contributed by atoms with Gasteiger partial charge in [-0.2, -0.15) is 0 Å². The molecule has 7 nitrogen and oxygen atoms in total. The van der Waals surface area contributed by atoms with Crippen molar-refractivity contribution in [2.45, 2.75) is 13.3 Å². The summed E-state index contributed by atoms with van der Waals surface area (Å²) < 4.78 is 10.6. The molecule has 0 aliphatic rings. The van der Waals surface area contributed by atoms with Gasteiger partial charge >= 0.3 is 0 Å². The van der Waals surface area contributed by atoms with Crippen LogP contribution in [0, 0.1) is 0 Å². The van der Waals surface area contributed by atoms with Gasteiger partial charge in [0, 0.05) is 30.8 Å². The monoisotopic (exact) mass is 349 g/mol. The van der Waals surface area contributed by atoms with Gasteiger partial charge in [0.1, 0.15) is 11.5 Å². The van der Waals surface area contributed by atoms with Crippen LogP contribution in [-0.2, 0) is 9.59 Å². The smallest absolute Gasteiger partial charge is 0.227 e. The van der Waals surface area contributed by atoms with Crippen molar-refractivity contribution in [2.75, 3.05) is 26.1 Å². The molecule has 1 aromatic heterocycles. The molecule has 0 bridgehead atoms. The predicted molar refractivity (Wildman–Crippen MR) is 92.6 cm³/mol. The fourth-order valence-corrected chi connectivity index (χ4v) is 2.73. The molecule has 0 saturated heterocycles. The SMILES string of the molecule is COc1ccc(OC)c(-c2csc(NC(=O)CCNC(C)=O)n2)c1. The van der Waals surface area contributed by atoms with Crippen molar-refractivity contribution in [2.24, 2.45) is 0 Å². The Balaban J connectivity index is 2.08. The lowest BCUT2D eigenvalue weighted by Gasteiger charge is -2.08. The van der Waals surface area contributed by atoms with Gasteiger partial charge in [-0.15, -0.1) is 11.3 Å². The number of ether oxygens (including phenoxy) is 2. The van der Waals surface area contributed by atoms with Gasteiger partial charge in [-0.3, -0.25) is 9.59 Å². The van der Waals surface area contributed by atoms with E-state index in [4.69, 9.17) is 9.47 Å². The Hall–Kier alpha value is -2.61. The molecule has 0 unspecified atom stereocenters. The van der Waals surface area contributed by atoms with Crippen molar-refractivity contribution >= 4 is 28.3 Å². The number of methoxy groups -OCH3 is 2. The van der Waals surface area contributed by atoms with E-state index in [1.807, 2.05) is 11.4 Å². The van der Waals surface area contributed by atoms with Crippen LogP contribution in [0.4, 0.5) is 5.13 Å². The molecule has 0 spiro atoms. The van der Waals surface area contributed by atoms with E-state index in [0.717, 1.165) is 5.56 Å². The second-order valence-corrected chi connectivity index (χ2v) is 5.74. The number of nitrogens with one attached hydrogen (secondary N) is 2. The summed E-state index contributed by atoms with van der Waals surface area (Å²) >= 11 is 1.32. The van der Waals surface area contributed by atoms with Gasteiger partial charge < -0.3 is 20.1 Å². The maximum absolute atomic E-state index is 11.8. The molecule has 0 radical (unpaired) electrons. The summed E-state index contributed by atoms with van der Waals surface area (Å²) in [6.45, 7) is 1.70. The summed E-state index contributed by atoms with van der Waals surface area (Å²) in [5.74, 6) is 0.996. The number of nitrogens with zero attached hydrogens (tertiary/aromatic N) is 1. The van der Waals surface area contributed by atoms with Gasteiger partial charge in [0.05, 0.1) is 19.9 Å². The number of rotatable bonds is 7. The Morgan fingerprint density at radius 2 is 2.04 bits per heavy atom. The molecule has 8 heteroatoms. The quantitative estimate of drug-likeness (QED) is 0.800. The molecule has 0 fully saturated rings. The van der Waals surface area contributed by atoms with Crippen molar-refractivity contribution in [3.05, 3.63) is 23.6 Å². The van der Waals surface area contributed by atoms with Crippen molar-refractivity contribution in [1.82, 2.24) is 10.3 Å². The zero-order chi connectivity index (χ0) is 17.5. The van der Waals surface area contributed by atoms with Gasteiger partial charge in [0.15, 0.2) is 5.13 Å². The van der Waals surface area contributed by atoms with E-state index < -0.39 is 0 Å². The highest BCUT2D eigenvalue weighted by Crippen LogP contribution is 2.34. The lowest BCUT2D eigenvalue weighted by Crippen LogP contribution is -2.25. The molecule has 2 rings (SSSR count). The summed E-state index contributed by atoms with van der Waals surface area (Å²) in [7, 11) is 3.18. The number of carbonyl (C=O) groups is 2. The van der Waals surface area contributed by atoms with Crippen LogP contribution in [-0.4, -0.2) is 37.6 Å². The third-order valence-corrected chi connectivity index (χ3v) is 3.92. The zero-order valence-corrected chi connectivity index (χ0v) is 14.5. The van der Waals surface area contributed by atoms with Crippen molar-refractivity contribution in [3.8, 4) is 22.8 Å². The summed E-state index contributed by atoms with van der Waals surface area (Å²) in [4.78, 5) is 27.0. The average Bonchev–Trinajstić information content (AvgIpc) is 3.02. The first kappa shape index (κ1) is 17.7. The van der Waals surface area contributed by atoms with Gasteiger partial charge in [-0.05, 0) is 18.2 Å². The Bertz CT molecular complexity index is 730. The molecule has 2 N–H and O–H groups in total. The Kier molecular flexibility index (Phi) is 6.14. The van der Waals surface area contributed by atoms with Crippen molar-refractivity contribution in [3.63, 3.8) is 0 Å². The van der Waals surface area contributed by atoms with Crippen LogP contribution in [0.1, 0.15) is 13.3 Å². The van der Waals surface area contributed by atoms with Crippen LogP contribution >= 0.6 is 11.3 Å². The van der Waals surface area contributed by atoms with Crippen molar-refractivity contribution < 1.29 is 19.1 Å². The average molecular weight is 349 g/mol. The molecule has 0 saturated carbocycles. The number of hydrogen-bond acceptors (Lipinski definition) is 6. The first-order valence-electron chi connectivity index (χ1n) is 7.25. The number of carbonyl (C=O) groups excluding carboxylic acids is 2. The number of thiazole rings is 1. The van der Waals surface area contributed by atoms with E-state index in [1.54, 1.807) is 26.4 Å². The molecule has 1 aromatic carbocycles. The molecule has 0 aliphatic carbocycles. The molecule has 0 atom stereocenters. The molecular formula is C16H19N3O4S. The van der Waals surface area contributed by atoms with E-state index in [1.165, 1.54) is 18.3 Å². The Morgan fingerprint density at radius 3 is 2.71 bits per heavy atom. The van der Waals surface area contributed by atoms with E-state index in [0.29, 0.717) is 28.9 Å². The third kappa shape index (κ3) is 4.69. The number of hydrogen-bond donors (Lipinski definition) is 2. The Labute approximate surface area is 144 Å². The van der Waals surface area contributed by atoms with Crippen LogP contribution in [0.15, 0.2) is 23.6 Å². The highest BCUT2D eigenvalue weighted by atomic mass is 32.1. The standard InChI is InChI=1S/C16H19N3O4S/c1-10(20)17-7-6-15(21)19-16-18-13(9-24-16)12-8-11(22-2)4-5-14(12)23-3/h4-5,8-9H,6-7H2,1-3H3,(H,17,20)(H,18,19,21). The normalized spacial score (nSPS) is 10.1. The first-order valence-corrected chi connectivity index (χ1v) is 8.13. The van der Waals surface area contributed by atoms with Gasteiger partial charge in [0.2, 0.25) is 11.8 Å². The molecular weight excluding hydrogens is 330 g/mol. The minimum Gasteiger partial charge on any atom is -0.497 e. The molecule has 1 heterocycles. The van der Waals surface area contributed by atoms with E-state index in [9.17, 15) is 9.59 Å². The number of benzene rings is 1. The summed E-state index contributed by atoms with van der Waals surface area (Å²) in [5.41, 5.74) is 1.47. The number of amides is 2. The maximum atomic E-state index is 11.8. The second kappa shape index (κ2) is 8.30. The highest BCUT2D eigenvalue weighted by molar-refractivity contribution is 7.14. The maximum Gasteiger partial charge on any atom is 0.227 e. The summed E-state index contributed by atoms with van der Waals surface area (Å²) in [5, 5.41) is 7.61. The van der Waals surface area contributed by atoms with Crippen LogP contribution in [0.25, 0.3) is 11.3 Å². The summed E-state index contributed by atoms with van der Waals surface area (Å²) in [6, 6.07) is 5.44. The second-order valence-electron chi connectivity index (χ2n) is 4.89. The minimum absolute atomic E-state index is 0.163. The largest absolute Gasteiger partial charge is 0.497 e. The van der Waals surface area contributed by atoms with Crippen LogP contribution in [0.3, 0.4) is 0 Å². The summed E-state index contributed by atoms with van der Waals surface area (Å²) in [6.07, 6.45) is 0.191. The van der Waals surface area contributed by atoms with Gasteiger partial charge in [0.25, 0.3) is 0 Å². The lowest BCUT2D eigenvalue weighted by molar-refractivity contribution is -0.119. The van der Waals surface area contributed by atoms with Crippen molar-refractivity contribution in [1.29, 1.82) is 0 Å². The highest BCUT2D eigenvalue weighted by Gasteiger charge is 2.13. The Morgan fingerprint density at radius 1 is 1.25 bits per heavy atom. The molecule has 0 aliphatic heterocycles. The third-order valence-electron chi connectivity index (χ3n) is 3.16. The lowest BCUT2D eigenvalue weighted by atomic mass is 10.1. The number of aromatic nitrogens is 1. The predicted octanol–water partition coefficient (Wildman–Crippen LogP) is 2.29. The van der Waals surface area contributed by atoms with Crippen LogP contribution in [0.2, 0.25) is 0 Å². The minimum atomic E-state index is -0.206. The fraction of sp³-hybridized carbons (Fsp3) is 0.312. The topological polar surface area (TPSA) is 89.5 Å². The molecule has 24 heavy (non-hydrogen) atoms. The van der Waals surface area contributed by atoms with Crippen LogP contribution < -0.4 is 20.1 Å². The van der Waals surface area contributed by atoms with E-state index >= 15 is 0 Å².